The van der Waals surface area contributed by atoms with Crippen LogP contribution in [-0.2, 0) is 11.2 Å². The number of halogens is 1. The SMILES string of the molecule is CCOC(=O)c1ccccc1C(=O)Cc1ccc(F)cc1. The lowest BCUT2D eigenvalue weighted by molar-refractivity contribution is 0.0523. The van der Waals surface area contributed by atoms with Gasteiger partial charge in [-0.15, -0.1) is 0 Å². The molecule has 0 spiro atoms. The highest BCUT2D eigenvalue weighted by Crippen LogP contribution is 2.14. The largest absolute Gasteiger partial charge is 0.462 e. The summed E-state index contributed by atoms with van der Waals surface area (Å²) in [5, 5.41) is 0. The van der Waals surface area contributed by atoms with Crippen molar-refractivity contribution in [2.24, 2.45) is 0 Å². The Morgan fingerprint density at radius 3 is 2.24 bits per heavy atom. The average Bonchev–Trinajstić information content (AvgIpc) is 2.50. The average molecular weight is 286 g/mol. The first-order valence-electron chi connectivity index (χ1n) is 6.65. The van der Waals surface area contributed by atoms with Crippen LogP contribution in [0.15, 0.2) is 48.5 Å². The molecule has 0 bridgehead atoms. The summed E-state index contributed by atoms with van der Waals surface area (Å²) in [6.07, 6.45) is 0.108. The Kier molecular flexibility index (Phi) is 4.82. The normalized spacial score (nSPS) is 10.2. The van der Waals surface area contributed by atoms with Crippen molar-refractivity contribution in [1.29, 1.82) is 0 Å². The molecular weight excluding hydrogens is 271 g/mol. The molecule has 21 heavy (non-hydrogen) atoms. The van der Waals surface area contributed by atoms with Crippen molar-refractivity contribution < 1.29 is 18.7 Å². The van der Waals surface area contributed by atoms with Gasteiger partial charge < -0.3 is 4.74 Å². The molecule has 4 heteroatoms. The molecule has 0 atom stereocenters. The van der Waals surface area contributed by atoms with E-state index in [1.165, 1.54) is 12.1 Å². The second kappa shape index (κ2) is 6.79. The maximum Gasteiger partial charge on any atom is 0.338 e. The molecule has 0 aliphatic heterocycles. The first-order valence-corrected chi connectivity index (χ1v) is 6.65. The van der Waals surface area contributed by atoms with Crippen molar-refractivity contribution in [2.45, 2.75) is 13.3 Å². The Hall–Kier alpha value is -2.49. The van der Waals surface area contributed by atoms with Gasteiger partial charge >= 0.3 is 5.97 Å². The fourth-order valence-corrected chi connectivity index (χ4v) is 2.00. The highest BCUT2D eigenvalue weighted by molar-refractivity contribution is 6.07. The van der Waals surface area contributed by atoms with Gasteiger partial charge in [-0.2, -0.15) is 0 Å². The van der Waals surface area contributed by atoms with Gasteiger partial charge in [0.25, 0.3) is 0 Å². The molecule has 2 rings (SSSR count). The van der Waals surface area contributed by atoms with Crippen LogP contribution in [0.1, 0.15) is 33.2 Å². The fourth-order valence-electron chi connectivity index (χ4n) is 2.00. The van der Waals surface area contributed by atoms with Crippen LogP contribution in [0.4, 0.5) is 4.39 Å². The monoisotopic (exact) mass is 286 g/mol. The summed E-state index contributed by atoms with van der Waals surface area (Å²) in [7, 11) is 0. The first-order chi connectivity index (χ1) is 10.1. The van der Waals surface area contributed by atoms with E-state index >= 15 is 0 Å². The molecule has 108 valence electrons. The number of Topliss-reactive ketones (excluding diaryl/α,β-unsaturated/α-hetero) is 1. The van der Waals surface area contributed by atoms with Gasteiger partial charge in [-0.05, 0) is 30.7 Å². The second-order valence-corrected chi connectivity index (χ2v) is 4.49. The molecule has 0 unspecified atom stereocenters. The van der Waals surface area contributed by atoms with Gasteiger partial charge in [0.15, 0.2) is 5.78 Å². The number of hydrogen-bond acceptors (Lipinski definition) is 3. The van der Waals surface area contributed by atoms with Gasteiger partial charge in [0.2, 0.25) is 0 Å². The number of benzene rings is 2. The number of carbonyl (C=O) groups is 2. The Morgan fingerprint density at radius 2 is 1.62 bits per heavy atom. The minimum Gasteiger partial charge on any atom is -0.462 e. The fraction of sp³-hybridized carbons (Fsp3) is 0.176. The summed E-state index contributed by atoms with van der Waals surface area (Å²) < 4.78 is 17.8. The topological polar surface area (TPSA) is 43.4 Å². The zero-order chi connectivity index (χ0) is 15.2. The number of ether oxygens (including phenoxy) is 1. The molecule has 0 saturated carbocycles. The molecule has 0 amide bonds. The van der Waals surface area contributed by atoms with Crippen LogP contribution >= 0.6 is 0 Å². The molecule has 0 aromatic heterocycles. The van der Waals surface area contributed by atoms with Crippen LogP contribution in [0.2, 0.25) is 0 Å². The number of carbonyl (C=O) groups excluding carboxylic acids is 2. The number of rotatable bonds is 5. The van der Waals surface area contributed by atoms with E-state index in [1.807, 2.05) is 0 Å². The summed E-state index contributed by atoms with van der Waals surface area (Å²) >= 11 is 0. The van der Waals surface area contributed by atoms with Crippen LogP contribution in [0.3, 0.4) is 0 Å². The molecule has 0 saturated heterocycles. The van der Waals surface area contributed by atoms with E-state index in [1.54, 1.807) is 43.3 Å². The molecule has 0 N–H and O–H groups in total. The van der Waals surface area contributed by atoms with Crippen molar-refractivity contribution in [1.82, 2.24) is 0 Å². The minimum absolute atomic E-state index is 0.108. The van der Waals surface area contributed by atoms with E-state index in [9.17, 15) is 14.0 Å². The van der Waals surface area contributed by atoms with Crippen molar-refractivity contribution in [3.8, 4) is 0 Å². The van der Waals surface area contributed by atoms with Crippen LogP contribution in [-0.4, -0.2) is 18.4 Å². The molecular formula is C17H15FO3. The van der Waals surface area contributed by atoms with Crippen molar-refractivity contribution in [2.75, 3.05) is 6.61 Å². The van der Waals surface area contributed by atoms with Gasteiger partial charge in [0.05, 0.1) is 12.2 Å². The van der Waals surface area contributed by atoms with Crippen molar-refractivity contribution >= 4 is 11.8 Å². The molecule has 2 aromatic rings. The maximum absolute atomic E-state index is 12.9. The van der Waals surface area contributed by atoms with Crippen LogP contribution in [0.5, 0.6) is 0 Å². The van der Waals surface area contributed by atoms with E-state index < -0.39 is 5.97 Å². The third kappa shape index (κ3) is 3.75. The number of hydrogen-bond donors (Lipinski definition) is 0. The summed E-state index contributed by atoms with van der Waals surface area (Å²) in [4.78, 5) is 24.2. The Balaban J connectivity index is 2.23. The molecule has 0 fully saturated rings. The maximum atomic E-state index is 12.9. The van der Waals surface area contributed by atoms with Gasteiger partial charge in [-0.25, -0.2) is 9.18 Å². The third-order valence-electron chi connectivity index (χ3n) is 3.00. The molecule has 0 aliphatic carbocycles. The summed E-state index contributed by atoms with van der Waals surface area (Å²) in [5.41, 5.74) is 1.27. The lowest BCUT2D eigenvalue weighted by Gasteiger charge is -2.08. The van der Waals surface area contributed by atoms with Crippen molar-refractivity contribution in [3.05, 3.63) is 71.0 Å². The second-order valence-electron chi connectivity index (χ2n) is 4.49. The predicted octanol–water partition coefficient (Wildman–Crippen LogP) is 3.43. The van der Waals surface area contributed by atoms with Crippen LogP contribution < -0.4 is 0 Å². The van der Waals surface area contributed by atoms with E-state index in [0.717, 1.165) is 0 Å². The zero-order valence-electron chi connectivity index (χ0n) is 11.6. The molecule has 0 heterocycles. The molecule has 0 aliphatic rings. The zero-order valence-corrected chi connectivity index (χ0v) is 11.6. The van der Waals surface area contributed by atoms with Crippen molar-refractivity contribution in [3.63, 3.8) is 0 Å². The van der Waals surface area contributed by atoms with E-state index in [0.29, 0.717) is 11.1 Å². The minimum atomic E-state index is -0.513. The number of ketones is 1. The highest BCUT2D eigenvalue weighted by Gasteiger charge is 2.17. The van der Waals surface area contributed by atoms with Gasteiger partial charge in [-0.3, -0.25) is 4.79 Å². The third-order valence-corrected chi connectivity index (χ3v) is 3.00. The lowest BCUT2D eigenvalue weighted by atomic mass is 9.98. The Morgan fingerprint density at radius 1 is 1.00 bits per heavy atom. The Labute approximate surface area is 122 Å². The van der Waals surface area contributed by atoms with Gasteiger partial charge in [0.1, 0.15) is 5.82 Å². The molecule has 3 nitrogen and oxygen atoms in total. The van der Waals surface area contributed by atoms with Gasteiger partial charge in [-0.1, -0.05) is 30.3 Å². The standard InChI is InChI=1S/C17H15FO3/c1-2-21-17(20)15-6-4-3-5-14(15)16(19)11-12-7-9-13(18)10-8-12/h3-10H,2,11H2,1H3. The lowest BCUT2D eigenvalue weighted by Crippen LogP contribution is -2.13. The smallest absolute Gasteiger partial charge is 0.338 e. The molecule has 0 radical (unpaired) electrons. The van der Waals surface area contributed by atoms with E-state index in [4.69, 9.17) is 4.74 Å². The Bertz CT molecular complexity index is 647. The number of esters is 1. The summed E-state index contributed by atoms with van der Waals surface area (Å²) in [6, 6.07) is 12.3. The van der Waals surface area contributed by atoms with E-state index in [2.05, 4.69) is 0 Å². The van der Waals surface area contributed by atoms with Crippen LogP contribution in [0, 0.1) is 5.82 Å². The summed E-state index contributed by atoms with van der Waals surface area (Å²) in [5.74, 6) is -1.07. The van der Waals surface area contributed by atoms with E-state index in [-0.39, 0.29) is 30.2 Å². The van der Waals surface area contributed by atoms with Gasteiger partial charge in [0, 0.05) is 12.0 Å². The van der Waals surface area contributed by atoms with Crippen LogP contribution in [0.25, 0.3) is 0 Å². The highest BCUT2D eigenvalue weighted by atomic mass is 19.1. The molecule has 2 aromatic carbocycles. The predicted molar refractivity (Wildman–Crippen MR) is 76.8 cm³/mol. The first kappa shape index (κ1) is 14.9. The quantitative estimate of drug-likeness (QED) is 0.624. The summed E-state index contributed by atoms with van der Waals surface area (Å²) in [6.45, 7) is 1.96.